The number of nitrogens with one attached hydrogen (secondary N) is 1. The van der Waals surface area contributed by atoms with Gasteiger partial charge in [-0.05, 0) is 26.7 Å². The van der Waals surface area contributed by atoms with E-state index in [2.05, 4.69) is 24.3 Å². The number of carbonyl (C=O) groups is 1. The fourth-order valence-electron chi connectivity index (χ4n) is 2.36. The molecule has 0 bridgehead atoms. The molecule has 0 aromatic carbocycles. The number of hydrogen-bond donors (Lipinski definition) is 1. The maximum atomic E-state index is 12.2. The van der Waals surface area contributed by atoms with Gasteiger partial charge in [0, 0.05) is 36.9 Å². The Hall–Kier alpha value is -1.36. The summed E-state index contributed by atoms with van der Waals surface area (Å²) >= 11 is 0. The van der Waals surface area contributed by atoms with E-state index in [4.69, 9.17) is 0 Å². The highest BCUT2D eigenvalue weighted by Crippen LogP contribution is 2.25. The Bertz CT molecular complexity index is 488. The first-order valence-electron chi connectivity index (χ1n) is 7.42. The van der Waals surface area contributed by atoms with Gasteiger partial charge < -0.3 is 10.2 Å². The highest BCUT2D eigenvalue weighted by atomic mass is 16.2. The lowest BCUT2D eigenvalue weighted by atomic mass is 10.2. The quantitative estimate of drug-likeness (QED) is 0.860. The number of aromatic nitrogens is 2. The summed E-state index contributed by atoms with van der Waals surface area (Å²) in [6, 6.07) is 0.904. The van der Waals surface area contributed by atoms with Crippen LogP contribution in [0.25, 0.3) is 0 Å². The second kappa shape index (κ2) is 5.95. The van der Waals surface area contributed by atoms with Crippen molar-refractivity contribution in [2.75, 3.05) is 7.05 Å². The van der Waals surface area contributed by atoms with E-state index < -0.39 is 0 Å². The van der Waals surface area contributed by atoms with E-state index in [1.807, 2.05) is 30.5 Å². The van der Waals surface area contributed by atoms with Crippen molar-refractivity contribution in [1.82, 2.24) is 20.0 Å². The van der Waals surface area contributed by atoms with Gasteiger partial charge in [0.25, 0.3) is 0 Å². The lowest BCUT2D eigenvalue weighted by Crippen LogP contribution is -2.32. The number of nitrogens with zero attached hydrogens (tertiary/aromatic N) is 3. The Morgan fingerprint density at radius 1 is 1.45 bits per heavy atom. The maximum Gasteiger partial charge on any atom is 0.244 e. The zero-order valence-electron chi connectivity index (χ0n) is 13.2. The van der Waals surface area contributed by atoms with Crippen molar-refractivity contribution in [3.8, 4) is 0 Å². The third kappa shape index (κ3) is 3.39. The SMILES string of the molecule is Cc1nn(CC(=O)N(C)C2CC2)c(C)c1CNC(C)C. The van der Waals surface area contributed by atoms with Crippen molar-refractivity contribution in [2.45, 2.75) is 65.7 Å². The summed E-state index contributed by atoms with van der Waals surface area (Å²) in [4.78, 5) is 14.0. The molecule has 0 unspecified atom stereocenters. The Morgan fingerprint density at radius 3 is 2.65 bits per heavy atom. The average molecular weight is 278 g/mol. The zero-order chi connectivity index (χ0) is 14.9. The van der Waals surface area contributed by atoms with Crippen LogP contribution in [0.3, 0.4) is 0 Å². The number of rotatable bonds is 6. The molecule has 0 spiro atoms. The van der Waals surface area contributed by atoms with Gasteiger partial charge in [0.2, 0.25) is 5.91 Å². The van der Waals surface area contributed by atoms with Gasteiger partial charge in [0.05, 0.1) is 5.69 Å². The van der Waals surface area contributed by atoms with Crippen molar-refractivity contribution < 1.29 is 4.79 Å². The van der Waals surface area contributed by atoms with Gasteiger partial charge in [-0.1, -0.05) is 13.8 Å². The molecular weight excluding hydrogens is 252 g/mol. The Kier molecular flexibility index (Phi) is 4.48. The van der Waals surface area contributed by atoms with Crippen LogP contribution >= 0.6 is 0 Å². The molecule has 2 rings (SSSR count). The van der Waals surface area contributed by atoms with Crippen LogP contribution in [0, 0.1) is 13.8 Å². The van der Waals surface area contributed by atoms with Crippen LogP contribution in [0.5, 0.6) is 0 Å². The third-order valence-electron chi connectivity index (χ3n) is 3.99. The van der Waals surface area contributed by atoms with Gasteiger partial charge in [-0.25, -0.2) is 0 Å². The maximum absolute atomic E-state index is 12.2. The number of carbonyl (C=O) groups excluding carboxylic acids is 1. The Balaban J connectivity index is 2.04. The topological polar surface area (TPSA) is 50.2 Å². The zero-order valence-corrected chi connectivity index (χ0v) is 13.2. The fourth-order valence-corrected chi connectivity index (χ4v) is 2.36. The normalized spacial score (nSPS) is 14.9. The average Bonchev–Trinajstić information content (AvgIpc) is 3.17. The summed E-state index contributed by atoms with van der Waals surface area (Å²) in [7, 11) is 1.90. The second-order valence-electron chi connectivity index (χ2n) is 6.08. The van der Waals surface area contributed by atoms with Crippen LogP contribution in [0.15, 0.2) is 0 Å². The van der Waals surface area contributed by atoms with Gasteiger partial charge in [-0.3, -0.25) is 9.48 Å². The standard InChI is InChI=1S/C15H26N4O/c1-10(2)16-8-14-11(3)17-19(12(14)4)9-15(20)18(5)13-6-7-13/h10,13,16H,6-9H2,1-5H3. The minimum atomic E-state index is 0.154. The van der Waals surface area contributed by atoms with Gasteiger partial charge in [-0.15, -0.1) is 0 Å². The van der Waals surface area contributed by atoms with E-state index in [1.165, 1.54) is 5.56 Å². The van der Waals surface area contributed by atoms with E-state index in [0.29, 0.717) is 18.6 Å². The fraction of sp³-hybridized carbons (Fsp3) is 0.733. The largest absolute Gasteiger partial charge is 0.341 e. The van der Waals surface area contributed by atoms with Crippen LogP contribution in [0.2, 0.25) is 0 Å². The van der Waals surface area contributed by atoms with E-state index >= 15 is 0 Å². The smallest absolute Gasteiger partial charge is 0.244 e. The minimum absolute atomic E-state index is 0.154. The van der Waals surface area contributed by atoms with Crippen molar-refractivity contribution in [3.63, 3.8) is 0 Å². The van der Waals surface area contributed by atoms with E-state index in [9.17, 15) is 4.79 Å². The van der Waals surface area contributed by atoms with Crippen LogP contribution < -0.4 is 5.32 Å². The molecule has 5 nitrogen and oxygen atoms in total. The number of aryl methyl sites for hydroxylation is 1. The molecule has 1 amide bonds. The third-order valence-corrected chi connectivity index (χ3v) is 3.99. The Labute approximate surface area is 121 Å². The van der Waals surface area contributed by atoms with E-state index in [1.54, 1.807) is 0 Å². The van der Waals surface area contributed by atoms with E-state index in [-0.39, 0.29) is 5.91 Å². The molecule has 1 N–H and O–H groups in total. The first-order valence-corrected chi connectivity index (χ1v) is 7.42. The van der Waals surface area contributed by atoms with Crippen molar-refractivity contribution in [3.05, 3.63) is 17.0 Å². The molecule has 0 atom stereocenters. The molecular formula is C15H26N4O. The van der Waals surface area contributed by atoms with E-state index in [0.717, 1.165) is 30.8 Å². The first-order chi connectivity index (χ1) is 9.40. The summed E-state index contributed by atoms with van der Waals surface area (Å²) in [5, 5.41) is 7.93. The van der Waals surface area contributed by atoms with Crippen LogP contribution in [0.1, 0.15) is 43.6 Å². The van der Waals surface area contributed by atoms with Crippen LogP contribution in [-0.4, -0.2) is 39.7 Å². The molecule has 1 fully saturated rings. The molecule has 0 radical (unpaired) electrons. The summed E-state index contributed by atoms with van der Waals surface area (Å²) in [5.74, 6) is 0.154. The molecule has 1 aromatic heterocycles. The van der Waals surface area contributed by atoms with Crippen LogP contribution in [-0.2, 0) is 17.9 Å². The molecule has 5 heteroatoms. The van der Waals surface area contributed by atoms with Crippen molar-refractivity contribution >= 4 is 5.91 Å². The van der Waals surface area contributed by atoms with Gasteiger partial charge >= 0.3 is 0 Å². The molecule has 1 heterocycles. The minimum Gasteiger partial charge on any atom is -0.341 e. The van der Waals surface area contributed by atoms with Crippen molar-refractivity contribution in [2.24, 2.45) is 0 Å². The Morgan fingerprint density at radius 2 is 2.10 bits per heavy atom. The summed E-state index contributed by atoms with van der Waals surface area (Å²) < 4.78 is 1.84. The number of amides is 1. The van der Waals surface area contributed by atoms with Gasteiger partial charge in [0.1, 0.15) is 6.54 Å². The van der Waals surface area contributed by atoms with Gasteiger partial charge in [0.15, 0.2) is 0 Å². The molecule has 1 aliphatic carbocycles. The number of likely N-dealkylation sites (N-methyl/N-ethyl adjacent to an activating group) is 1. The highest BCUT2D eigenvalue weighted by Gasteiger charge is 2.29. The second-order valence-corrected chi connectivity index (χ2v) is 6.08. The van der Waals surface area contributed by atoms with Crippen LogP contribution in [0.4, 0.5) is 0 Å². The summed E-state index contributed by atoms with van der Waals surface area (Å²) in [6.45, 7) is 9.47. The first kappa shape index (κ1) is 15.0. The molecule has 0 saturated heterocycles. The molecule has 112 valence electrons. The van der Waals surface area contributed by atoms with Crippen molar-refractivity contribution in [1.29, 1.82) is 0 Å². The van der Waals surface area contributed by atoms with Gasteiger partial charge in [-0.2, -0.15) is 5.10 Å². The highest BCUT2D eigenvalue weighted by molar-refractivity contribution is 5.76. The lowest BCUT2D eigenvalue weighted by molar-refractivity contribution is -0.131. The molecule has 1 saturated carbocycles. The molecule has 1 aliphatic rings. The number of hydrogen-bond acceptors (Lipinski definition) is 3. The predicted molar refractivity (Wildman–Crippen MR) is 79.5 cm³/mol. The molecule has 0 aliphatic heterocycles. The lowest BCUT2D eigenvalue weighted by Gasteiger charge is -2.16. The monoisotopic (exact) mass is 278 g/mol. The molecule has 20 heavy (non-hydrogen) atoms. The summed E-state index contributed by atoms with van der Waals surface area (Å²) in [5.41, 5.74) is 3.31. The summed E-state index contributed by atoms with van der Waals surface area (Å²) in [6.07, 6.45) is 2.28. The molecule has 1 aromatic rings. The predicted octanol–water partition coefficient (Wildman–Crippen LogP) is 1.62.